The molecule has 1 fully saturated rings. The van der Waals surface area contributed by atoms with Gasteiger partial charge in [0.05, 0.1) is 12.0 Å². The molecule has 0 radical (unpaired) electrons. The minimum atomic E-state index is -4.49. The van der Waals surface area contributed by atoms with E-state index < -0.39 is 29.6 Å². The first-order valence-corrected chi connectivity index (χ1v) is 5.82. The van der Waals surface area contributed by atoms with Gasteiger partial charge >= 0.3 is 12.2 Å². The first kappa shape index (κ1) is 14.8. The van der Waals surface area contributed by atoms with Crippen LogP contribution in [0.25, 0.3) is 0 Å². The number of carbonyl (C=O) groups excluding carboxylic acids is 3. The Balaban J connectivity index is 2.00. The summed E-state index contributed by atoms with van der Waals surface area (Å²) in [5, 5.41) is 2.71. The first-order valence-electron chi connectivity index (χ1n) is 5.82. The molecule has 1 aliphatic rings. The predicted octanol–water partition coefficient (Wildman–Crippen LogP) is 0.831. The van der Waals surface area contributed by atoms with Crippen LogP contribution in [0.5, 0.6) is 0 Å². The summed E-state index contributed by atoms with van der Waals surface area (Å²) in [7, 11) is 0. The van der Waals surface area contributed by atoms with E-state index in [9.17, 15) is 27.6 Å². The van der Waals surface area contributed by atoms with Crippen molar-refractivity contribution in [2.75, 3.05) is 6.54 Å². The number of urea groups is 1. The number of nitrogens with zero attached hydrogens (tertiary/aromatic N) is 1. The van der Waals surface area contributed by atoms with E-state index in [1.54, 1.807) is 0 Å². The van der Waals surface area contributed by atoms with E-state index >= 15 is 0 Å². The highest BCUT2D eigenvalue weighted by Gasteiger charge is 2.31. The zero-order valence-electron chi connectivity index (χ0n) is 10.5. The highest BCUT2D eigenvalue weighted by molar-refractivity contribution is 6.02. The van der Waals surface area contributed by atoms with Crippen LogP contribution in [0.2, 0.25) is 0 Å². The topological polar surface area (TPSA) is 78.5 Å². The Bertz CT molecular complexity index is 601. The summed E-state index contributed by atoms with van der Waals surface area (Å²) in [5.41, 5.74) is 1.43. The molecule has 2 N–H and O–H groups in total. The number of hydrogen-bond donors (Lipinski definition) is 2. The van der Waals surface area contributed by atoms with Crippen LogP contribution >= 0.6 is 0 Å². The number of hydrogen-bond acceptors (Lipinski definition) is 3. The molecule has 1 aliphatic heterocycles. The van der Waals surface area contributed by atoms with Crippen molar-refractivity contribution >= 4 is 17.8 Å². The number of rotatable bonds is 3. The normalized spacial score (nSPS) is 15.1. The molecule has 1 saturated heterocycles. The molecule has 1 heterocycles. The molecule has 0 aromatic heterocycles. The number of alkyl halides is 3. The van der Waals surface area contributed by atoms with Crippen molar-refractivity contribution in [3.05, 3.63) is 35.4 Å². The molecule has 0 saturated carbocycles. The molecule has 21 heavy (non-hydrogen) atoms. The lowest BCUT2D eigenvalue weighted by atomic mass is 10.1. The third kappa shape index (κ3) is 3.71. The maximum Gasteiger partial charge on any atom is 0.416 e. The minimum absolute atomic E-state index is 0.147. The van der Waals surface area contributed by atoms with Gasteiger partial charge in [-0.25, -0.2) is 9.80 Å². The maximum atomic E-state index is 12.5. The van der Waals surface area contributed by atoms with Crippen molar-refractivity contribution in [1.29, 1.82) is 0 Å². The fourth-order valence-corrected chi connectivity index (χ4v) is 1.77. The second-order valence-electron chi connectivity index (χ2n) is 4.35. The molecule has 0 atom stereocenters. The Morgan fingerprint density at radius 3 is 2.62 bits per heavy atom. The maximum absolute atomic E-state index is 12.5. The average Bonchev–Trinajstić information content (AvgIpc) is 2.67. The van der Waals surface area contributed by atoms with Crippen molar-refractivity contribution in [1.82, 2.24) is 15.8 Å². The SMILES string of the molecule is O=C1CN(NC(=O)Cc2cccc(C(F)(F)F)c2)C(=O)N1. The van der Waals surface area contributed by atoms with Crippen LogP contribution in [0.15, 0.2) is 24.3 Å². The van der Waals surface area contributed by atoms with Gasteiger partial charge in [0.2, 0.25) is 11.8 Å². The quantitative estimate of drug-likeness (QED) is 0.812. The van der Waals surface area contributed by atoms with Crippen molar-refractivity contribution in [2.24, 2.45) is 0 Å². The lowest BCUT2D eigenvalue weighted by Gasteiger charge is -2.14. The molecular weight excluding hydrogens is 291 g/mol. The Labute approximate surface area is 116 Å². The molecule has 0 aliphatic carbocycles. The molecule has 0 spiro atoms. The summed E-state index contributed by atoms with van der Waals surface area (Å²) < 4.78 is 37.6. The highest BCUT2D eigenvalue weighted by atomic mass is 19.4. The Kier molecular flexibility index (Phi) is 3.83. The predicted molar refractivity (Wildman–Crippen MR) is 63.5 cm³/mol. The Morgan fingerprint density at radius 1 is 1.33 bits per heavy atom. The number of halogens is 3. The summed E-state index contributed by atoms with van der Waals surface area (Å²) in [5.74, 6) is -1.27. The third-order valence-corrected chi connectivity index (χ3v) is 2.67. The van der Waals surface area contributed by atoms with Gasteiger partial charge in [-0.05, 0) is 11.6 Å². The summed E-state index contributed by atoms with van der Waals surface area (Å²) in [6.45, 7) is -0.326. The Morgan fingerprint density at radius 2 is 2.05 bits per heavy atom. The minimum Gasteiger partial charge on any atom is -0.275 e. The van der Waals surface area contributed by atoms with Crippen LogP contribution in [-0.2, 0) is 22.2 Å². The summed E-state index contributed by atoms with van der Waals surface area (Å²) in [6, 6.07) is 3.53. The van der Waals surface area contributed by atoms with Gasteiger partial charge in [-0.3, -0.25) is 20.3 Å². The zero-order valence-corrected chi connectivity index (χ0v) is 10.5. The van der Waals surface area contributed by atoms with E-state index in [4.69, 9.17) is 0 Å². The smallest absolute Gasteiger partial charge is 0.275 e. The van der Waals surface area contributed by atoms with Crippen molar-refractivity contribution in [3.8, 4) is 0 Å². The Hall–Kier alpha value is -2.58. The average molecular weight is 301 g/mol. The van der Waals surface area contributed by atoms with Crippen LogP contribution in [-0.4, -0.2) is 29.4 Å². The second kappa shape index (κ2) is 5.43. The first-order chi connectivity index (χ1) is 9.75. The molecule has 2 rings (SSSR count). The summed E-state index contributed by atoms with van der Waals surface area (Å²) >= 11 is 0. The number of carbonyl (C=O) groups is 3. The van der Waals surface area contributed by atoms with E-state index in [1.165, 1.54) is 12.1 Å². The van der Waals surface area contributed by atoms with Crippen molar-refractivity contribution < 1.29 is 27.6 Å². The standard InChI is InChI=1S/C12H10F3N3O3/c13-12(14,15)8-3-1-2-7(4-8)5-9(19)17-18-6-10(20)16-11(18)21/h1-4H,5-6H2,(H,17,19)(H,16,20,21). The van der Waals surface area contributed by atoms with Crippen molar-refractivity contribution in [2.45, 2.75) is 12.6 Å². The molecule has 0 bridgehead atoms. The van der Waals surface area contributed by atoms with Gasteiger partial charge in [0, 0.05) is 0 Å². The number of amides is 4. The number of benzene rings is 1. The summed E-state index contributed by atoms with van der Waals surface area (Å²) in [4.78, 5) is 33.8. The molecule has 9 heteroatoms. The fraction of sp³-hybridized carbons (Fsp3) is 0.250. The second-order valence-corrected chi connectivity index (χ2v) is 4.35. The van der Waals surface area contributed by atoms with E-state index in [0.717, 1.165) is 17.1 Å². The molecule has 1 aromatic carbocycles. The van der Waals surface area contributed by atoms with Gasteiger partial charge in [-0.2, -0.15) is 13.2 Å². The third-order valence-electron chi connectivity index (χ3n) is 2.67. The van der Waals surface area contributed by atoms with Crippen LogP contribution in [0.4, 0.5) is 18.0 Å². The van der Waals surface area contributed by atoms with E-state index in [2.05, 4.69) is 5.43 Å². The van der Waals surface area contributed by atoms with Crippen molar-refractivity contribution in [3.63, 3.8) is 0 Å². The molecular formula is C12H10F3N3O3. The number of hydrazine groups is 1. The van der Waals surface area contributed by atoms with Gasteiger partial charge in [0.1, 0.15) is 6.54 Å². The fourth-order valence-electron chi connectivity index (χ4n) is 1.77. The van der Waals surface area contributed by atoms with E-state index in [1.807, 2.05) is 5.32 Å². The van der Waals surface area contributed by atoms with Gasteiger partial charge < -0.3 is 0 Å². The molecule has 112 valence electrons. The number of nitrogens with one attached hydrogen (secondary N) is 2. The van der Waals surface area contributed by atoms with E-state index in [0.29, 0.717) is 0 Å². The van der Waals surface area contributed by atoms with Gasteiger partial charge in [-0.1, -0.05) is 18.2 Å². The lowest BCUT2D eigenvalue weighted by Crippen LogP contribution is -2.44. The monoisotopic (exact) mass is 301 g/mol. The highest BCUT2D eigenvalue weighted by Crippen LogP contribution is 2.29. The molecule has 6 nitrogen and oxygen atoms in total. The van der Waals surface area contributed by atoms with Crippen LogP contribution < -0.4 is 10.7 Å². The molecule has 0 unspecified atom stereocenters. The number of imide groups is 1. The lowest BCUT2D eigenvalue weighted by molar-refractivity contribution is -0.137. The van der Waals surface area contributed by atoms with Crippen LogP contribution in [0, 0.1) is 0 Å². The van der Waals surface area contributed by atoms with E-state index in [-0.39, 0.29) is 18.5 Å². The van der Waals surface area contributed by atoms with Gasteiger partial charge in [0.25, 0.3) is 0 Å². The van der Waals surface area contributed by atoms with Crippen LogP contribution in [0.3, 0.4) is 0 Å². The van der Waals surface area contributed by atoms with Gasteiger partial charge in [0.15, 0.2) is 0 Å². The summed E-state index contributed by atoms with van der Waals surface area (Å²) in [6.07, 6.45) is -4.84. The zero-order chi connectivity index (χ0) is 15.6. The van der Waals surface area contributed by atoms with Gasteiger partial charge in [-0.15, -0.1) is 0 Å². The van der Waals surface area contributed by atoms with Crippen LogP contribution in [0.1, 0.15) is 11.1 Å². The molecule has 1 aromatic rings. The molecule has 4 amide bonds. The largest absolute Gasteiger partial charge is 0.416 e.